The zero-order valence-electron chi connectivity index (χ0n) is 11.1. The van der Waals surface area contributed by atoms with Crippen LogP contribution in [0.1, 0.15) is 23.0 Å². The van der Waals surface area contributed by atoms with Crippen LogP contribution in [0.15, 0.2) is 47.1 Å². The van der Waals surface area contributed by atoms with Crippen molar-refractivity contribution < 1.29 is 9.53 Å². The molecule has 0 fully saturated rings. The van der Waals surface area contributed by atoms with Gasteiger partial charge in [0.2, 0.25) is 0 Å². The van der Waals surface area contributed by atoms with Crippen LogP contribution >= 0.6 is 15.9 Å². The van der Waals surface area contributed by atoms with Gasteiger partial charge < -0.3 is 10.1 Å². The van der Waals surface area contributed by atoms with E-state index in [1.54, 1.807) is 19.2 Å². The molecule has 0 unspecified atom stereocenters. The van der Waals surface area contributed by atoms with Crippen molar-refractivity contribution in [1.82, 2.24) is 4.98 Å². The third-order valence-corrected chi connectivity index (χ3v) is 3.14. The summed E-state index contributed by atoms with van der Waals surface area (Å²) in [6, 6.07) is 11.1. The van der Waals surface area contributed by atoms with Crippen molar-refractivity contribution >= 4 is 27.6 Å². The summed E-state index contributed by atoms with van der Waals surface area (Å²) in [4.78, 5) is 16.1. The fourth-order valence-electron chi connectivity index (χ4n) is 1.72. The van der Waals surface area contributed by atoms with Crippen LogP contribution in [-0.4, -0.2) is 17.6 Å². The minimum atomic E-state index is -0.320. The number of benzene rings is 1. The Morgan fingerprint density at radius 1 is 1.30 bits per heavy atom. The first-order valence-corrected chi connectivity index (χ1v) is 7.10. The Morgan fingerprint density at radius 3 is 2.80 bits per heavy atom. The van der Waals surface area contributed by atoms with Gasteiger partial charge in [-0.15, -0.1) is 0 Å². The molecule has 1 aromatic carbocycles. The number of nitrogens with zero attached hydrogens (tertiary/aromatic N) is 1. The van der Waals surface area contributed by atoms with Crippen molar-refractivity contribution in [3.05, 3.63) is 58.3 Å². The van der Waals surface area contributed by atoms with Crippen LogP contribution in [0.3, 0.4) is 0 Å². The predicted octanol–water partition coefficient (Wildman–Crippen LogP) is 3.63. The molecule has 0 aliphatic rings. The monoisotopic (exact) mass is 334 g/mol. The number of esters is 1. The van der Waals surface area contributed by atoms with Crippen LogP contribution in [0.5, 0.6) is 0 Å². The third-order valence-electron chi connectivity index (χ3n) is 2.67. The molecule has 20 heavy (non-hydrogen) atoms. The van der Waals surface area contributed by atoms with Crippen LogP contribution in [0.25, 0.3) is 0 Å². The summed E-state index contributed by atoms with van der Waals surface area (Å²) < 4.78 is 5.97. The zero-order chi connectivity index (χ0) is 14.4. The van der Waals surface area contributed by atoms with E-state index in [4.69, 9.17) is 4.74 Å². The van der Waals surface area contributed by atoms with Crippen LogP contribution in [0.2, 0.25) is 0 Å². The van der Waals surface area contributed by atoms with Gasteiger partial charge in [-0.1, -0.05) is 12.1 Å². The maximum atomic E-state index is 11.8. The SMILES string of the molecule is CCOC(=O)c1ccccc1NCc1ccc(Br)cn1. The first-order valence-electron chi connectivity index (χ1n) is 6.31. The number of carbonyl (C=O) groups excluding carboxylic acids is 1. The van der Waals surface area contributed by atoms with Crippen LogP contribution in [0, 0.1) is 0 Å². The molecule has 2 rings (SSSR count). The molecule has 0 saturated heterocycles. The van der Waals surface area contributed by atoms with Gasteiger partial charge in [-0.05, 0) is 47.1 Å². The first-order chi connectivity index (χ1) is 9.70. The Balaban J connectivity index is 2.09. The van der Waals surface area contributed by atoms with Crippen molar-refractivity contribution in [1.29, 1.82) is 0 Å². The normalized spacial score (nSPS) is 10.1. The number of anilines is 1. The number of para-hydroxylation sites is 1. The fraction of sp³-hybridized carbons (Fsp3) is 0.200. The number of hydrogen-bond acceptors (Lipinski definition) is 4. The van der Waals surface area contributed by atoms with Gasteiger partial charge in [-0.3, -0.25) is 4.98 Å². The van der Waals surface area contributed by atoms with Crippen molar-refractivity contribution in [2.24, 2.45) is 0 Å². The second kappa shape index (κ2) is 7.05. The highest BCUT2D eigenvalue weighted by Crippen LogP contribution is 2.17. The van der Waals surface area contributed by atoms with E-state index in [1.807, 2.05) is 30.3 Å². The average molecular weight is 335 g/mol. The lowest BCUT2D eigenvalue weighted by molar-refractivity contribution is 0.0527. The third kappa shape index (κ3) is 3.81. The highest BCUT2D eigenvalue weighted by atomic mass is 79.9. The minimum Gasteiger partial charge on any atom is -0.462 e. The Kier molecular flexibility index (Phi) is 5.12. The van der Waals surface area contributed by atoms with Crippen LogP contribution in [0.4, 0.5) is 5.69 Å². The number of carbonyl (C=O) groups is 1. The Hall–Kier alpha value is -1.88. The predicted molar refractivity (Wildman–Crippen MR) is 81.7 cm³/mol. The molecule has 0 bridgehead atoms. The van der Waals surface area contributed by atoms with Gasteiger partial charge in [0.25, 0.3) is 0 Å². The van der Waals surface area contributed by atoms with Gasteiger partial charge in [-0.2, -0.15) is 0 Å². The second-order valence-electron chi connectivity index (χ2n) is 4.09. The summed E-state index contributed by atoms with van der Waals surface area (Å²) in [5.41, 5.74) is 2.17. The van der Waals surface area contributed by atoms with E-state index >= 15 is 0 Å². The molecular weight excluding hydrogens is 320 g/mol. The Morgan fingerprint density at radius 2 is 2.10 bits per heavy atom. The van der Waals surface area contributed by atoms with Gasteiger partial charge in [0.15, 0.2) is 0 Å². The van der Waals surface area contributed by atoms with Gasteiger partial charge >= 0.3 is 5.97 Å². The topological polar surface area (TPSA) is 51.2 Å². The van der Waals surface area contributed by atoms with Crippen molar-refractivity contribution in [3.8, 4) is 0 Å². The number of aromatic nitrogens is 1. The molecule has 1 aromatic heterocycles. The lowest BCUT2D eigenvalue weighted by Gasteiger charge is -2.11. The van der Waals surface area contributed by atoms with Crippen molar-refractivity contribution in [3.63, 3.8) is 0 Å². The molecule has 1 N–H and O–H groups in total. The highest BCUT2D eigenvalue weighted by Gasteiger charge is 2.11. The number of ether oxygens (including phenoxy) is 1. The van der Waals surface area contributed by atoms with E-state index in [1.165, 1.54) is 0 Å². The molecule has 1 heterocycles. The smallest absolute Gasteiger partial charge is 0.340 e. The van der Waals surface area contributed by atoms with Crippen molar-refractivity contribution in [2.75, 3.05) is 11.9 Å². The van der Waals surface area contributed by atoms with Gasteiger partial charge in [-0.25, -0.2) is 4.79 Å². The lowest BCUT2D eigenvalue weighted by atomic mass is 10.1. The maximum Gasteiger partial charge on any atom is 0.340 e. The first kappa shape index (κ1) is 14.5. The second-order valence-corrected chi connectivity index (χ2v) is 5.00. The molecule has 104 valence electrons. The van der Waals surface area contributed by atoms with Crippen molar-refractivity contribution in [2.45, 2.75) is 13.5 Å². The van der Waals surface area contributed by atoms with Crippen LogP contribution in [-0.2, 0) is 11.3 Å². The summed E-state index contributed by atoms with van der Waals surface area (Å²) in [7, 11) is 0. The number of halogens is 1. The lowest BCUT2D eigenvalue weighted by Crippen LogP contribution is -2.10. The molecule has 0 radical (unpaired) electrons. The van der Waals surface area contributed by atoms with E-state index in [0.29, 0.717) is 18.7 Å². The number of hydrogen-bond donors (Lipinski definition) is 1. The van der Waals surface area contributed by atoms with E-state index in [9.17, 15) is 4.79 Å². The summed E-state index contributed by atoms with van der Waals surface area (Å²) in [5, 5.41) is 3.21. The number of rotatable bonds is 5. The fourth-order valence-corrected chi connectivity index (χ4v) is 1.96. The molecule has 2 aromatic rings. The largest absolute Gasteiger partial charge is 0.462 e. The quantitative estimate of drug-likeness (QED) is 0.848. The Bertz CT molecular complexity index is 585. The number of nitrogens with one attached hydrogen (secondary N) is 1. The summed E-state index contributed by atoms with van der Waals surface area (Å²) >= 11 is 3.35. The average Bonchev–Trinajstić information content (AvgIpc) is 2.47. The Labute approximate surface area is 126 Å². The van der Waals surface area contributed by atoms with E-state index in [-0.39, 0.29) is 5.97 Å². The van der Waals surface area contributed by atoms with Gasteiger partial charge in [0.1, 0.15) is 0 Å². The molecule has 0 aliphatic heterocycles. The molecule has 5 heteroatoms. The van der Waals surface area contributed by atoms with E-state index in [2.05, 4.69) is 26.2 Å². The molecule has 0 atom stereocenters. The number of pyridine rings is 1. The van der Waals surface area contributed by atoms with E-state index < -0.39 is 0 Å². The summed E-state index contributed by atoms with van der Waals surface area (Å²) in [6.45, 7) is 2.70. The zero-order valence-corrected chi connectivity index (χ0v) is 12.7. The van der Waals surface area contributed by atoms with Crippen LogP contribution < -0.4 is 5.32 Å². The molecule has 0 saturated carbocycles. The summed E-state index contributed by atoms with van der Waals surface area (Å²) in [5.74, 6) is -0.320. The molecule has 0 aliphatic carbocycles. The maximum absolute atomic E-state index is 11.8. The van der Waals surface area contributed by atoms with Gasteiger partial charge in [0.05, 0.1) is 24.4 Å². The van der Waals surface area contributed by atoms with Gasteiger partial charge in [0, 0.05) is 16.4 Å². The minimum absolute atomic E-state index is 0.320. The molecule has 0 amide bonds. The summed E-state index contributed by atoms with van der Waals surface area (Å²) in [6.07, 6.45) is 1.74. The standard InChI is InChI=1S/C15H15BrN2O2/c1-2-20-15(19)13-5-3-4-6-14(13)18-10-12-8-7-11(16)9-17-12/h3-9,18H,2,10H2,1H3. The highest BCUT2D eigenvalue weighted by molar-refractivity contribution is 9.10. The van der Waals surface area contributed by atoms with E-state index in [0.717, 1.165) is 15.9 Å². The molecular formula is C15H15BrN2O2. The molecule has 0 spiro atoms. The molecule has 4 nitrogen and oxygen atoms in total.